The second-order valence-electron chi connectivity index (χ2n) is 2.92. The molecule has 13 heavy (non-hydrogen) atoms. The van der Waals surface area contributed by atoms with E-state index in [2.05, 4.69) is 20.9 Å². The molecule has 0 amide bonds. The van der Waals surface area contributed by atoms with Crippen LogP contribution in [-0.4, -0.2) is 4.98 Å². The van der Waals surface area contributed by atoms with Crippen molar-refractivity contribution in [2.45, 2.75) is 6.92 Å². The molecule has 2 rings (SSSR count). The van der Waals surface area contributed by atoms with Crippen LogP contribution in [0.4, 0.5) is 0 Å². The van der Waals surface area contributed by atoms with Gasteiger partial charge in [0.1, 0.15) is 0 Å². The number of benzene rings is 1. The van der Waals surface area contributed by atoms with Gasteiger partial charge in [0.25, 0.3) is 0 Å². The van der Waals surface area contributed by atoms with Crippen LogP contribution in [0.15, 0.2) is 28.9 Å². The first-order valence-electron chi connectivity index (χ1n) is 3.89. The smallest absolute Gasteiger partial charge is 0.0717 e. The van der Waals surface area contributed by atoms with Gasteiger partial charge in [-0.15, -0.1) is 0 Å². The SMILES string of the molecule is Cc1cnc2ccc(Br)cc2c1Cl. The van der Waals surface area contributed by atoms with Gasteiger partial charge >= 0.3 is 0 Å². The maximum Gasteiger partial charge on any atom is 0.0717 e. The van der Waals surface area contributed by atoms with Crippen molar-refractivity contribution in [1.29, 1.82) is 0 Å². The van der Waals surface area contributed by atoms with Gasteiger partial charge in [-0.25, -0.2) is 0 Å². The number of halogens is 2. The summed E-state index contributed by atoms with van der Waals surface area (Å²) in [6, 6.07) is 5.89. The van der Waals surface area contributed by atoms with E-state index < -0.39 is 0 Å². The molecule has 0 saturated heterocycles. The van der Waals surface area contributed by atoms with E-state index in [0.717, 1.165) is 26.0 Å². The Morgan fingerprint density at radius 1 is 1.38 bits per heavy atom. The van der Waals surface area contributed by atoms with Gasteiger partial charge in [0.2, 0.25) is 0 Å². The summed E-state index contributed by atoms with van der Waals surface area (Å²) in [6.45, 7) is 1.95. The van der Waals surface area contributed by atoms with E-state index in [1.807, 2.05) is 25.1 Å². The van der Waals surface area contributed by atoms with Gasteiger partial charge in [-0.2, -0.15) is 0 Å². The predicted octanol–water partition coefficient (Wildman–Crippen LogP) is 3.96. The molecular weight excluding hydrogens is 249 g/mol. The molecule has 0 unspecified atom stereocenters. The largest absolute Gasteiger partial charge is 0.256 e. The Morgan fingerprint density at radius 3 is 2.92 bits per heavy atom. The third-order valence-electron chi connectivity index (χ3n) is 1.94. The Balaban J connectivity index is 2.89. The average Bonchev–Trinajstić information content (AvgIpc) is 2.12. The van der Waals surface area contributed by atoms with Gasteiger partial charge in [0.15, 0.2) is 0 Å². The molecule has 0 saturated carbocycles. The van der Waals surface area contributed by atoms with Crippen molar-refractivity contribution in [2.24, 2.45) is 0 Å². The molecule has 1 nitrogen and oxygen atoms in total. The maximum absolute atomic E-state index is 6.14. The Labute approximate surface area is 89.9 Å². The van der Waals surface area contributed by atoms with E-state index in [-0.39, 0.29) is 0 Å². The molecule has 0 bridgehead atoms. The van der Waals surface area contributed by atoms with Crippen LogP contribution in [0.1, 0.15) is 5.56 Å². The summed E-state index contributed by atoms with van der Waals surface area (Å²) in [6.07, 6.45) is 1.79. The monoisotopic (exact) mass is 255 g/mol. The highest BCUT2D eigenvalue weighted by molar-refractivity contribution is 9.10. The van der Waals surface area contributed by atoms with E-state index in [4.69, 9.17) is 11.6 Å². The molecule has 1 heterocycles. The lowest BCUT2D eigenvalue weighted by Gasteiger charge is -2.02. The van der Waals surface area contributed by atoms with Crippen LogP contribution in [0.25, 0.3) is 10.9 Å². The summed E-state index contributed by atoms with van der Waals surface area (Å²) >= 11 is 9.54. The molecule has 3 heteroatoms. The highest BCUT2D eigenvalue weighted by Gasteiger charge is 2.03. The summed E-state index contributed by atoms with van der Waals surface area (Å²) in [7, 11) is 0. The van der Waals surface area contributed by atoms with Crippen molar-refractivity contribution in [3.8, 4) is 0 Å². The van der Waals surface area contributed by atoms with Crippen molar-refractivity contribution in [3.63, 3.8) is 0 Å². The van der Waals surface area contributed by atoms with Gasteiger partial charge in [-0.1, -0.05) is 27.5 Å². The molecule has 0 spiro atoms. The summed E-state index contributed by atoms with van der Waals surface area (Å²) in [5.41, 5.74) is 1.94. The number of rotatable bonds is 0. The Hall–Kier alpha value is -0.600. The molecule has 66 valence electrons. The number of nitrogens with zero attached hydrogens (tertiary/aromatic N) is 1. The fraction of sp³-hybridized carbons (Fsp3) is 0.100. The fourth-order valence-corrected chi connectivity index (χ4v) is 1.79. The lowest BCUT2D eigenvalue weighted by molar-refractivity contribution is 1.33. The number of aryl methyl sites for hydroxylation is 1. The molecule has 0 N–H and O–H groups in total. The zero-order chi connectivity index (χ0) is 9.42. The maximum atomic E-state index is 6.14. The number of aromatic nitrogens is 1. The first-order valence-corrected chi connectivity index (χ1v) is 5.06. The van der Waals surface area contributed by atoms with Crippen LogP contribution in [0.3, 0.4) is 0 Å². The number of hydrogen-bond acceptors (Lipinski definition) is 1. The average molecular weight is 257 g/mol. The highest BCUT2D eigenvalue weighted by Crippen LogP contribution is 2.27. The molecule has 0 aliphatic heterocycles. The van der Waals surface area contributed by atoms with E-state index in [1.54, 1.807) is 6.20 Å². The molecule has 0 atom stereocenters. The van der Waals surface area contributed by atoms with Crippen LogP contribution in [0, 0.1) is 6.92 Å². The first-order chi connectivity index (χ1) is 6.18. The molecule has 0 fully saturated rings. The number of hydrogen-bond donors (Lipinski definition) is 0. The van der Waals surface area contributed by atoms with Crippen molar-refractivity contribution in [2.75, 3.05) is 0 Å². The van der Waals surface area contributed by atoms with E-state index >= 15 is 0 Å². The quantitative estimate of drug-likeness (QED) is 0.695. The van der Waals surface area contributed by atoms with Gasteiger partial charge in [-0.3, -0.25) is 4.98 Å². The molecule has 0 aliphatic carbocycles. The fourth-order valence-electron chi connectivity index (χ4n) is 1.23. The Bertz CT molecular complexity index is 462. The zero-order valence-electron chi connectivity index (χ0n) is 7.01. The van der Waals surface area contributed by atoms with Gasteiger partial charge < -0.3 is 0 Å². The van der Waals surface area contributed by atoms with Crippen LogP contribution in [0.5, 0.6) is 0 Å². The van der Waals surface area contributed by atoms with E-state index in [9.17, 15) is 0 Å². The molecule has 0 aliphatic rings. The minimum Gasteiger partial charge on any atom is -0.256 e. The molecule has 1 aromatic carbocycles. The summed E-state index contributed by atoms with van der Waals surface area (Å²) < 4.78 is 1.02. The lowest BCUT2D eigenvalue weighted by atomic mass is 10.2. The predicted molar refractivity (Wildman–Crippen MR) is 59.2 cm³/mol. The van der Waals surface area contributed by atoms with Crippen molar-refractivity contribution < 1.29 is 0 Å². The topological polar surface area (TPSA) is 12.9 Å². The van der Waals surface area contributed by atoms with Gasteiger partial charge in [0.05, 0.1) is 10.5 Å². The Morgan fingerprint density at radius 2 is 2.15 bits per heavy atom. The molecule has 1 aromatic heterocycles. The standard InChI is InChI=1S/C10H7BrClN/c1-6-5-13-9-3-2-7(11)4-8(9)10(6)12/h2-5H,1H3. The zero-order valence-corrected chi connectivity index (χ0v) is 9.35. The van der Waals surface area contributed by atoms with Crippen LogP contribution < -0.4 is 0 Å². The van der Waals surface area contributed by atoms with E-state index in [0.29, 0.717) is 0 Å². The first kappa shape index (κ1) is 8.97. The van der Waals surface area contributed by atoms with Crippen molar-refractivity contribution >= 4 is 38.4 Å². The molecule has 2 aromatic rings. The minimum absolute atomic E-state index is 0.784. The van der Waals surface area contributed by atoms with Crippen LogP contribution >= 0.6 is 27.5 Å². The van der Waals surface area contributed by atoms with Gasteiger partial charge in [0, 0.05) is 16.1 Å². The third-order valence-corrected chi connectivity index (χ3v) is 2.93. The highest BCUT2D eigenvalue weighted by atomic mass is 79.9. The second kappa shape index (κ2) is 3.28. The van der Waals surface area contributed by atoms with Gasteiger partial charge in [-0.05, 0) is 30.7 Å². The summed E-state index contributed by atoms with van der Waals surface area (Å²) in [4.78, 5) is 4.28. The van der Waals surface area contributed by atoms with Crippen molar-refractivity contribution in [1.82, 2.24) is 4.98 Å². The lowest BCUT2D eigenvalue weighted by Crippen LogP contribution is -1.83. The normalized spacial score (nSPS) is 10.7. The van der Waals surface area contributed by atoms with E-state index in [1.165, 1.54) is 0 Å². The Kier molecular flexibility index (Phi) is 2.26. The number of fused-ring (bicyclic) bond motifs is 1. The number of pyridine rings is 1. The minimum atomic E-state index is 0.784. The van der Waals surface area contributed by atoms with Crippen LogP contribution in [0.2, 0.25) is 5.02 Å². The summed E-state index contributed by atoms with van der Waals surface area (Å²) in [5.74, 6) is 0. The second-order valence-corrected chi connectivity index (χ2v) is 4.21. The molecule has 0 radical (unpaired) electrons. The third kappa shape index (κ3) is 1.56. The van der Waals surface area contributed by atoms with Crippen molar-refractivity contribution in [3.05, 3.63) is 39.5 Å². The summed E-state index contributed by atoms with van der Waals surface area (Å²) in [5, 5.41) is 1.78. The van der Waals surface area contributed by atoms with Crippen LogP contribution in [-0.2, 0) is 0 Å². The molecular formula is C10H7BrClN.